The van der Waals surface area contributed by atoms with Gasteiger partial charge < -0.3 is 15.4 Å². The molecular formula is C20H21N3O4S. The van der Waals surface area contributed by atoms with Crippen molar-refractivity contribution in [2.75, 3.05) is 32.1 Å². The molecule has 0 fully saturated rings. The highest BCUT2D eigenvalue weighted by Gasteiger charge is 2.17. The highest BCUT2D eigenvalue weighted by Crippen LogP contribution is 2.26. The molecule has 1 aromatic heterocycles. The van der Waals surface area contributed by atoms with Crippen molar-refractivity contribution in [3.8, 4) is 0 Å². The number of rotatable bonds is 9. The summed E-state index contributed by atoms with van der Waals surface area (Å²) in [5.74, 6) is -0.328. The molecule has 3 aromatic rings. The van der Waals surface area contributed by atoms with Crippen LogP contribution in [0.5, 0.6) is 0 Å². The number of nitrogens with zero attached hydrogens (tertiary/aromatic N) is 1. The van der Waals surface area contributed by atoms with Gasteiger partial charge in [0.05, 0.1) is 11.5 Å². The molecule has 0 bridgehead atoms. The van der Waals surface area contributed by atoms with Crippen molar-refractivity contribution in [1.29, 1.82) is 0 Å². The maximum Gasteiger partial charge on any atom is 0.293 e. The Morgan fingerprint density at radius 1 is 1.21 bits per heavy atom. The molecule has 0 aliphatic rings. The van der Waals surface area contributed by atoms with Crippen LogP contribution < -0.4 is 10.6 Å². The minimum absolute atomic E-state index is 0.132. The molecule has 0 atom stereocenters. The lowest BCUT2D eigenvalue weighted by atomic mass is 10.1. The summed E-state index contributed by atoms with van der Waals surface area (Å²) in [5.41, 5.74) is 1.68. The molecule has 0 aliphatic heterocycles. The molecular weight excluding hydrogens is 378 g/mol. The van der Waals surface area contributed by atoms with Gasteiger partial charge in [-0.3, -0.25) is 14.9 Å². The number of nitro groups is 1. The van der Waals surface area contributed by atoms with Crippen LogP contribution in [0.15, 0.2) is 47.8 Å². The van der Waals surface area contributed by atoms with E-state index >= 15 is 0 Å². The lowest BCUT2D eigenvalue weighted by Crippen LogP contribution is -2.25. The van der Waals surface area contributed by atoms with Gasteiger partial charge in [-0.05, 0) is 40.9 Å². The van der Waals surface area contributed by atoms with Gasteiger partial charge >= 0.3 is 0 Å². The zero-order chi connectivity index (χ0) is 19.9. The number of amides is 1. The molecule has 0 saturated heterocycles. The van der Waals surface area contributed by atoms with Crippen molar-refractivity contribution in [2.24, 2.45) is 0 Å². The van der Waals surface area contributed by atoms with Gasteiger partial charge in [0.25, 0.3) is 11.6 Å². The summed E-state index contributed by atoms with van der Waals surface area (Å²) >= 11 is 1.68. The van der Waals surface area contributed by atoms with Crippen molar-refractivity contribution in [1.82, 2.24) is 5.32 Å². The molecule has 146 valence electrons. The fourth-order valence-corrected chi connectivity index (χ4v) is 3.90. The van der Waals surface area contributed by atoms with Crippen LogP contribution in [0.3, 0.4) is 0 Å². The average Bonchev–Trinajstić information content (AvgIpc) is 3.11. The fourth-order valence-electron chi connectivity index (χ4n) is 2.90. The zero-order valence-corrected chi connectivity index (χ0v) is 16.3. The van der Waals surface area contributed by atoms with Gasteiger partial charge in [-0.2, -0.15) is 0 Å². The van der Waals surface area contributed by atoms with E-state index < -0.39 is 4.92 Å². The monoisotopic (exact) mass is 399 g/mol. The van der Waals surface area contributed by atoms with Crippen LogP contribution in [0.25, 0.3) is 10.1 Å². The molecule has 7 nitrogen and oxygen atoms in total. The van der Waals surface area contributed by atoms with Gasteiger partial charge in [-0.25, -0.2) is 0 Å². The Kier molecular flexibility index (Phi) is 6.57. The van der Waals surface area contributed by atoms with Crippen molar-refractivity contribution in [3.05, 3.63) is 69.1 Å². The standard InChI is InChI=1S/C20H21N3O4S/c1-27-11-10-21-17-7-6-14(12-18(17)23(25)26)20(24)22-9-8-15-13-28-19-5-3-2-4-16(15)19/h2-7,12-13,21H,8-11H2,1H3,(H,22,24). The summed E-state index contributed by atoms with van der Waals surface area (Å²) in [6.45, 7) is 1.33. The maximum atomic E-state index is 12.4. The number of benzene rings is 2. The van der Waals surface area contributed by atoms with Crippen LogP contribution in [-0.4, -0.2) is 37.6 Å². The van der Waals surface area contributed by atoms with E-state index in [2.05, 4.69) is 28.1 Å². The van der Waals surface area contributed by atoms with Gasteiger partial charge in [0.2, 0.25) is 0 Å². The van der Waals surface area contributed by atoms with Crippen LogP contribution in [-0.2, 0) is 11.2 Å². The predicted octanol–water partition coefficient (Wildman–Crippen LogP) is 3.84. The first-order chi connectivity index (χ1) is 13.6. The van der Waals surface area contributed by atoms with E-state index in [0.717, 1.165) is 0 Å². The van der Waals surface area contributed by atoms with Gasteiger partial charge in [0.1, 0.15) is 5.69 Å². The van der Waals surface area contributed by atoms with Crippen molar-refractivity contribution in [2.45, 2.75) is 6.42 Å². The van der Waals surface area contributed by atoms with Gasteiger partial charge in [0.15, 0.2) is 0 Å². The minimum atomic E-state index is -0.497. The Morgan fingerprint density at radius 3 is 2.82 bits per heavy atom. The number of hydrogen-bond donors (Lipinski definition) is 2. The normalized spacial score (nSPS) is 10.8. The molecule has 0 aliphatic carbocycles. The van der Waals surface area contributed by atoms with Crippen LogP contribution >= 0.6 is 11.3 Å². The van der Waals surface area contributed by atoms with Crippen LogP contribution in [0, 0.1) is 10.1 Å². The van der Waals surface area contributed by atoms with E-state index in [-0.39, 0.29) is 17.2 Å². The molecule has 0 radical (unpaired) electrons. The van der Waals surface area contributed by atoms with E-state index in [9.17, 15) is 14.9 Å². The number of fused-ring (bicyclic) bond motifs is 1. The second kappa shape index (κ2) is 9.29. The van der Waals surface area contributed by atoms with Gasteiger partial charge in [-0.1, -0.05) is 18.2 Å². The van der Waals surface area contributed by atoms with Crippen LogP contribution in [0.4, 0.5) is 11.4 Å². The Balaban J connectivity index is 1.63. The number of methoxy groups -OCH3 is 1. The average molecular weight is 399 g/mol. The Bertz CT molecular complexity index is 986. The van der Waals surface area contributed by atoms with Crippen molar-refractivity contribution >= 4 is 38.7 Å². The molecule has 2 aromatic carbocycles. The molecule has 0 spiro atoms. The van der Waals surface area contributed by atoms with Gasteiger partial charge in [0, 0.05) is 36.5 Å². The van der Waals surface area contributed by atoms with Gasteiger partial charge in [-0.15, -0.1) is 11.3 Å². The number of anilines is 1. The molecule has 1 amide bonds. The lowest BCUT2D eigenvalue weighted by Gasteiger charge is -2.09. The summed E-state index contributed by atoms with van der Waals surface area (Å²) in [4.78, 5) is 23.2. The highest BCUT2D eigenvalue weighted by molar-refractivity contribution is 7.17. The first kappa shape index (κ1) is 19.8. The third-order valence-corrected chi connectivity index (χ3v) is 5.33. The number of thiophene rings is 1. The SMILES string of the molecule is COCCNc1ccc(C(=O)NCCc2csc3ccccc23)cc1[N+](=O)[O-]. The smallest absolute Gasteiger partial charge is 0.293 e. The van der Waals surface area contributed by atoms with Crippen LogP contribution in [0.2, 0.25) is 0 Å². The molecule has 1 heterocycles. The second-order valence-corrected chi connectivity index (χ2v) is 7.08. The number of nitro benzene ring substituents is 1. The summed E-state index contributed by atoms with van der Waals surface area (Å²) in [6.07, 6.45) is 0.703. The fraction of sp³-hybridized carbons (Fsp3) is 0.250. The Labute approximate surface area is 166 Å². The van der Waals surface area contributed by atoms with E-state index in [4.69, 9.17) is 4.74 Å². The van der Waals surface area contributed by atoms with E-state index in [1.165, 1.54) is 21.7 Å². The molecule has 3 rings (SSSR count). The molecule has 28 heavy (non-hydrogen) atoms. The number of ether oxygens (including phenoxy) is 1. The van der Waals surface area contributed by atoms with Crippen molar-refractivity contribution in [3.63, 3.8) is 0 Å². The van der Waals surface area contributed by atoms with Crippen molar-refractivity contribution < 1.29 is 14.5 Å². The molecule has 0 saturated carbocycles. The number of nitrogens with one attached hydrogen (secondary N) is 2. The molecule has 0 unspecified atom stereocenters. The zero-order valence-electron chi connectivity index (χ0n) is 15.4. The first-order valence-corrected chi connectivity index (χ1v) is 9.72. The van der Waals surface area contributed by atoms with E-state index in [0.29, 0.717) is 31.8 Å². The van der Waals surface area contributed by atoms with Crippen LogP contribution in [0.1, 0.15) is 15.9 Å². The summed E-state index contributed by atoms with van der Waals surface area (Å²) in [6, 6.07) is 12.6. The summed E-state index contributed by atoms with van der Waals surface area (Å²) in [7, 11) is 1.56. The quantitative estimate of drug-likeness (QED) is 0.324. The maximum absolute atomic E-state index is 12.4. The highest BCUT2D eigenvalue weighted by atomic mass is 32.1. The molecule has 8 heteroatoms. The number of hydrogen-bond acceptors (Lipinski definition) is 6. The second-order valence-electron chi connectivity index (χ2n) is 6.17. The third-order valence-electron chi connectivity index (χ3n) is 4.32. The Morgan fingerprint density at radius 2 is 2.04 bits per heavy atom. The minimum Gasteiger partial charge on any atom is -0.383 e. The summed E-state index contributed by atoms with van der Waals surface area (Å²) in [5, 5.41) is 20.4. The molecule has 2 N–H and O–H groups in total. The largest absolute Gasteiger partial charge is 0.383 e. The summed E-state index contributed by atoms with van der Waals surface area (Å²) < 4.78 is 6.15. The predicted molar refractivity (Wildman–Crippen MR) is 111 cm³/mol. The Hall–Kier alpha value is -2.97. The van der Waals surface area contributed by atoms with E-state index in [1.807, 2.05) is 12.1 Å². The van der Waals surface area contributed by atoms with E-state index in [1.54, 1.807) is 30.6 Å². The topological polar surface area (TPSA) is 93.5 Å². The lowest BCUT2D eigenvalue weighted by molar-refractivity contribution is -0.384. The number of carbonyl (C=O) groups excluding carboxylic acids is 1. The third kappa shape index (κ3) is 4.65. The first-order valence-electron chi connectivity index (χ1n) is 8.84. The number of carbonyl (C=O) groups is 1.